The molecule has 0 saturated heterocycles. The molecule has 21 heavy (non-hydrogen) atoms. The number of rotatable bonds is 4. The lowest BCUT2D eigenvalue weighted by molar-refractivity contribution is -0.110. The molecule has 1 aromatic carbocycles. The van der Waals surface area contributed by atoms with E-state index in [1.807, 2.05) is 0 Å². The molecular weight excluding hydrogens is 335 g/mol. The zero-order chi connectivity index (χ0) is 15.6. The molecule has 1 heterocycles. The van der Waals surface area contributed by atoms with Crippen molar-refractivity contribution in [2.45, 2.75) is 12.5 Å². The van der Waals surface area contributed by atoms with Gasteiger partial charge >= 0.3 is 0 Å². The summed E-state index contributed by atoms with van der Waals surface area (Å²) in [5.41, 5.74) is 1.34. The summed E-state index contributed by atoms with van der Waals surface area (Å²) in [4.78, 5) is 16.8. The molecule has 0 radical (unpaired) electrons. The van der Waals surface area contributed by atoms with Gasteiger partial charge in [-0.05, 0) is 12.1 Å². The number of ketones is 1. The van der Waals surface area contributed by atoms with Gasteiger partial charge in [-0.15, -0.1) is 11.6 Å². The minimum Gasteiger partial charge on any atom is -0.387 e. The molecule has 0 amide bonds. The molecule has 0 saturated carbocycles. The monoisotopic (exact) mass is 348 g/mol. The molecule has 2 rings (SSSR count). The van der Waals surface area contributed by atoms with Gasteiger partial charge in [-0.25, -0.2) is 4.21 Å². The molecule has 0 spiro atoms. The Morgan fingerprint density at radius 3 is 2.86 bits per heavy atom. The Morgan fingerprint density at radius 1 is 1.52 bits per heavy atom. The summed E-state index contributed by atoms with van der Waals surface area (Å²) >= 11 is 11.7. The number of nitrogens with zero attached hydrogens (tertiary/aromatic N) is 2. The Morgan fingerprint density at radius 2 is 2.24 bits per heavy atom. The molecule has 0 aromatic heterocycles. The van der Waals surface area contributed by atoms with Crippen LogP contribution < -0.4 is 0 Å². The van der Waals surface area contributed by atoms with Crippen LogP contribution >= 0.6 is 23.2 Å². The van der Waals surface area contributed by atoms with Crippen molar-refractivity contribution in [2.75, 3.05) is 18.4 Å². The standard InChI is InChI=1S/C13H14Cl2N2O3S/c1-21(2,19)17-9-5-3-4-8(15)13(9)12-6-10(16-20-12)11(18)7-14/h3-5,12H,6-7H2,1-2H3. The first-order chi connectivity index (χ1) is 9.81. The van der Waals surface area contributed by atoms with Crippen molar-refractivity contribution in [1.82, 2.24) is 0 Å². The van der Waals surface area contributed by atoms with Gasteiger partial charge in [0.15, 0.2) is 11.9 Å². The Kier molecular flexibility index (Phi) is 4.91. The summed E-state index contributed by atoms with van der Waals surface area (Å²) in [7, 11) is -2.35. The molecule has 0 aliphatic carbocycles. The molecular formula is C13H14Cl2N2O3S. The quantitative estimate of drug-likeness (QED) is 0.783. The number of carbonyl (C=O) groups excluding carboxylic acids is 1. The number of benzene rings is 1. The first-order valence-corrected chi connectivity index (χ1v) is 9.33. The van der Waals surface area contributed by atoms with Gasteiger partial charge in [0, 0.05) is 39.2 Å². The van der Waals surface area contributed by atoms with E-state index in [-0.39, 0.29) is 23.8 Å². The van der Waals surface area contributed by atoms with Gasteiger partial charge in [0.25, 0.3) is 0 Å². The van der Waals surface area contributed by atoms with Crippen LogP contribution in [0, 0.1) is 0 Å². The molecule has 8 heteroatoms. The Hall–Kier alpha value is -1.11. The Bertz CT molecular complexity index is 716. The molecule has 0 bridgehead atoms. The Balaban J connectivity index is 2.38. The average molecular weight is 349 g/mol. The highest BCUT2D eigenvalue weighted by atomic mass is 35.5. The highest BCUT2D eigenvalue weighted by Gasteiger charge is 2.30. The zero-order valence-corrected chi connectivity index (χ0v) is 13.8. The third kappa shape index (κ3) is 3.96. The van der Waals surface area contributed by atoms with Crippen LogP contribution in [0.1, 0.15) is 18.1 Å². The highest BCUT2D eigenvalue weighted by Crippen LogP contribution is 2.39. The summed E-state index contributed by atoms with van der Waals surface area (Å²) in [5, 5.41) is 4.18. The topological polar surface area (TPSA) is 68.1 Å². The average Bonchev–Trinajstić information content (AvgIpc) is 2.85. The van der Waals surface area contributed by atoms with Crippen LogP contribution in [-0.2, 0) is 19.4 Å². The van der Waals surface area contributed by atoms with Crippen molar-refractivity contribution in [3.05, 3.63) is 28.8 Å². The number of halogens is 2. The molecule has 1 aromatic rings. The van der Waals surface area contributed by atoms with Crippen LogP contribution in [0.15, 0.2) is 27.7 Å². The van der Waals surface area contributed by atoms with Crippen molar-refractivity contribution in [1.29, 1.82) is 0 Å². The van der Waals surface area contributed by atoms with Crippen molar-refractivity contribution in [3.8, 4) is 0 Å². The molecule has 1 unspecified atom stereocenters. The van der Waals surface area contributed by atoms with E-state index in [9.17, 15) is 9.00 Å². The van der Waals surface area contributed by atoms with Gasteiger partial charge in [0.2, 0.25) is 0 Å². The summed E-state index contributed by atoms with van der Waals surface area (Å²) < 4.78 is 16.1. The van der Waals surface area contributed by atoms with Crippen LogP contribution in [-0.4, -0.2) is 34.1 Å². The second kappa shape index (κ2) is 6.34. The van der Waals surface area contributed by atoms with E-state index in [2.05, 4.69) is 9.52 Å². The van der Waals surface area contributed by atoms with E-state index in [0.717, 1.165) is 0 Å². The SMILES string of the molecule is CS(C)(=O)=Nc1cccc(Cl)c1C1CC(C(=O)CCl)=NO1. The lowest BCUT2D eigenvalue weighted by Gasteiger charge is -2.13. The predicted octanol–water partition coefficient (Wildman–Crippen LogP) is 3.32. The predicted molar refractivity (Wildman–Crippen MR) is 85.1 cm³/mol. The minimum absolute atomic E-state index is 0.146. The maximum Gasteiger partial charge on any atom is 0.195 e. The molecule has 5 nitrogen and oxygen atoms in total. The number of carbonyl (C=O) groups is 1. The lowest BCUT2D eigenvalue weighted by atomic mass is 10.0. The van der Waals surface area contributed by atoms with Gasteiger partial charge in [-0.2, -0.15) is 4.36 Å². The highest BCUT2D eigenvalue weighted by molar-refractivity contribution is 7.92. The minimum atomic E-state index is -2.35. The smallest absolute Gasteiger partial charge is 0.195 e. The molecule has 114 valence electrons. The van der Waals surface area contributed by atoms with E-state index >= 15 is 0 Å². The van der Waals surface area contributed by atoms with E-state index < -0.39 is 15.8 Å². The maximum absolute atomic E-state index is 11.9. The number of Topliss-reactive ketones (excluding diaryl/α,β-unsaturated/α-hetero) is 1. The molecule has 0 fully saturated rings. The van der Waals surface area contributed by atoms with Crippen molar-refractivity contribution < 1.29 is 13.8 Å². The fourth-order valence-electron chi connectivity index (χ4n) is 1.93. The number of hydrogen-bond acceptors (Lipinski definition) is 5. The van der Waals surface area contributed by atoms with Gasteiger partial charge in [-0.1, -0.05) is 22.8 Å². The van der Waals surface area contributed by atoms with Gasteiger partial charge in [0.05, 0.1) is 11.6 Å². The van der Waals surface area contributed by atoms with E-state index in [1.54, 1.807) is 18.2 Å². The first kappa shape index (κ1) is 16.3. The van der Waals surface area contributed by atoms with Crippen molar-refractivity contribution >= 4 is 50.1 Å². The summed E-state index contributed by atoms with van der Waals surface area (Å²) in [6.07, 6.45) is 2.81. The van der Waals surface area contributed by atoms with Crippen LogP contribution in [0.3, 0.4) is 0 Å². The van der Waals surface area contributed by atoms with E-state index in [0.29, 0.717) is 16.3 Å². The largest absolute Gasteiger partial charge is 0.387 e. The molecule has 0 N–H and O–H groups in total. The molecule has 1 aliphatic rings. The summed E-state index contributed by atoms with van der Waals surface area (Å²) in [6, 6.07) is 5.11. The normalized spacial score (nSPS) is 18.1. The third-order valence-electron chi connectivity index (χ3n) is 2.78. The van der Waals surface area contributed by atoms with Crippen LogP contribution in [0.4, 0.5) is 5.69 Å². The van der Waals surface area contributed by atoms with Gasteiger partial charge < -0.3 is 4.84 Å². The molecule has 1 atom stereocenters. The molecule has 1 aliphatic heterocycles. The number of alkyl halides is 1. The lowest BCUT2D eigenvalue weighted by Crippen LogP contribution is -2.14. The number of hydrogen-bond donors (Lipinski definition) is 0. The van der Waals surface area contributed by atoms with E-state index in [1.165, 1.54) is 12.5 Å². The van der Waals surface area contributed by atoms with Crippen LogP contribution in [0.25, 0.3) is 0 Å². The number of oxime groups is 1. The van der Waals surface area contributed by atoms with Crippen molar-refractivity contribution in [3.63, 3.8) is 0 Å². The summed E-state index contributed by atoms with van der Waals surface area (Å²) in [6.45, 7) is 0. The van der Waals surface area contributed by atoms with E-state index in [4.69, 9.17) is 28.0 Å². The fourth-order valence-corrected chi connectivity index (χ4v) is 3.01. The van der Waals surface area contributed by atoms with Crippen molar-refractivity contribution in [2.24, 2.45) is 9.52 Å². The maximum atomic E-state index is 11.9. The zero-order valence-electron chi connectivity index (χ0n) is 11.5. The fraction of sp³-hybridized carbons (Fsp3) is 0.385. The third-order valence-corrected chi connectivity index (χ3v) is 3.99. The Labute approximate surface area is 133 Å². The summed E-state index contributed by atoms with van der Waals surface area (Å²) in [5.74, 6) is -0.425. The van der Waals surface area contributed by atoms with Crippen LogP contribution in [0.2, 0.25) is 5.02 Å². The van der Waals surface area contributed by atoms with Gasteiger partial charge in [-0.3, -0.25) is 4.79 Å². The second-order valence-electron chi connectivity index (χ2n) is 4.84. The second-order valence-corrected chi connectivity index (χ2v) is 8.06. The first-order valence-electron chi connectivity index (χ1n) is 6.09. The van der Waals surface area contributed by atoms with Crippen LogP contribution in [0.5, 0.6) is 0 Å². The van der Waals surface area contributed by atoms with Gasteiger partial charge in [0.1, 0.15) is 5.71 Å².